The number of carbonyl (C=O) groups excluding carboxylic acids is 1. The lowest BCUT2D eigenvalue weighted by Gasteiger charge is -2.14. The summed E-state index contributed by atoms with van der Waals surface area (Å²) >= 11 is 0. The highest BCUT2D eigenvalue weighted by atomic mass is 16.4. The molecule has 21 heavy (non-hydrogen) atoms. The second-order valence-corrected chi connectivity index (χ2v) is 5.31. The number of hydrogen-bond acceptors (Lipinski definition) is 4. The molecule has 2 heterocycles. The first-order valence-corrected chi connectivity index (χ1v) is 7.29. The molecule has 5 heteroatoms. The standard InChI is InChI=1S/C16H19N3O2/c1-11(19-15(20)13-8-5-9-17-13)16-18-10-14(21-16)12-6-3-2-4-7-12/h2-4,6-7,10-11,13,17H,5,8-9H2,1H3,(H,19,20). The topological polar surface area (TPSA) is 67.2 Å². The van der Waals surface area contributed by atoms with Crippen LogP contribution in [0.25, 0.3) is 11.3 Å². The Balaban J connectivity index is 1.66. The number of hydrogen-bond donors (Lipinski definition) is 2. The first kappa shape index (κ1) is 13.8. The van der Waals surface area contributed by atoms with Crippen molar-refractivity contribution >= 4 is 5.91 Å². The van der Waals surface area contributed by atoms with E-state index < -0.39 is 0 Å². The molecule has 1 aromatic carbocycles. The summed E-state index contributed by atoms with van der Waals surface area (Å²) in [6, 6.07) is 9.47. The highest BCUT2D eigenvalue weighted by Gasteiger charge is 2.24. The number of amides is 1. The summed E-state index contributed by atoms with van der Waals surface area (Å²) in [4.78, 5) is 16.3. The summed E-state index contributed by atoms with van der Waals surface area (Å²) < 4.78 is 5.75. The van der Waals surface area contributed by atoms with Gasteiger partial charge in [-0.3, -0.25) is 4.79 Å². The quantitative estimate of drug-likeness (QED) is 0.904. The lowest BCUT2D eigenvalue weighted by atomic mass is 10.2. The van der Waals surface area contributed by atoms with Crippen LogP contribution in [0.2, 0.25) is 0 Å². The van der Waals surface area contributed by atoms with Crippen LogP contribution in [0.5, 0.6) is 0 Å². The molecular weight excluding hydrogens is 266 g/mol. The van der Waals surface area contributed by atoms with E-state index in [0.29, 0.717) is 11.7 Å². The Morgan fingerprint density at radius 1 is 1.43 bits per heavy atom. The van der Waals surface area contributed by atoms with Gasteiger partial charge in [-0.1, -0.05) is 30.3 Å². The molecular formula is C16H19N3O2. The average Bonchev–Trinajstić information content (AvgIpc) is 3.20. The van der Waals surface area contributed by atoms with Gasteiger partial charge in [-0.2, -0.15) is 0 Å². The van der Waals surface area contributed by atoms with Crippen molar-refractivity contribution in [2.45, 2.75) is 31.8 Å². The van der Waals surface area contributed by atoms with Crippen molar-refractivity contribution in [3.05, 3.63) is 42.4 Å². The Labute approximate surface area is 123 Å². The molecule has 3 rings (SSSR count). The molecule has 1 aliphatic heterocycles. The van der Waals surface area contributed by atoms with Crippen LogP contribution >= 0.6 is 0 Å². The number of rotatable bonds is 4. The van der Waals surface area contributed by atoms with E-state index in [1.54, 1.807) is 6.20 Å². The van der Waals surface area contributed by atoms with Gasteiger partial charge in [0.25, 0.3) is 0 Å². The third-order valence-corrected chi connectivity index (χ3v) is 3.69. The number of aromatic nitrogens is 1. The monoisotopic (exact) mass is 285 g/mol. The Bertz CT molecular complexity index is 603. The average molecular weight is 285 g/mol. The van der Waals surface area contributed by atoms with Crippen molar-refractivity contribution in [1.82, 2.24) is 15.6 Å². The molecule has 1 amide bonds. The van der Waals surface area contributed by atoms with Crippen LogP contribution in [0.1, 0.15) is 31.7 Å². The Morgan fingerprint density at radius 2 is 2.24 bits per heavy atom. The lowest BCUT2D eigenvalue weighted by molar-refractivity contribution is -0.123. The van der Waals surface area contributed by atoms with Gasteiger partial charge in [-0.15, -0.1) is 0 Å². The number of carbonyl (C=O) groups is 1. The van der Waals surface area contributed by atoms with Crippen molar-refractivity contribution < 1.29 is 9.21 Å². The molecule has 1 aromatic heterocycles. The fraction of sp³-hybridized carbons (Fsp3) is 0.375. The van der Waals surface area contributed by atoms with Crippen LogP contribution in [0.3, 0.4) is 0 Å². The highest BCUT2D eigenvalue weighted by Crippen LogP contribution is 2.22. The predicted molar refractivity (Wildman–Crippen MR) is 79.5 cm³/mol. The number of nitrogens with zero attached hydrogens (tertiary/aromatic N) is 1. The van der Waals surface area contributed by atoms with E-state index in [-0.39, 0.29) is 18.0 Å². The van der Waals surface area contributed by atoms with E-state index in [4.69, 9.17) is 4.42 Å². The maximum Gasteiger partial charge on any atom is 0.237 e. The SMILES string of the molecule is CC(NC(=O)C1CCCN1)c1ncc(-c2ccccc2)o1. The fourth-order valence-corrected chi connectivity index (χ4v) is 2.51. The molecule has 0 aliphatic carbocycles. The number of nitrogens with one attached hydrogen (secondary N) is 2. The van der Waals surface area contributed by atoms with Crippen molar-refractivity contribution in [3.63, 3.8) is 0 Å². The molecule has 0 spiro atoms. The molecule has 0 radical (unpaired) electrons. The summed E-state index contributed by atoms with van der Waals surface area (Å²) in [5.74, 6) is 1.25. The normalized spacial score (nSPS) is 19.4. The minimum Gasteiger partial charge on any atom is -0.438 e. The largest absolute Gasteiger partial charge is 0.438 e. The minimum atomic E-state index is -0.239. The third kappa shape index (κ3) is 3.13. The van der Waals surface area contributed by atoms with Gasteiger partial charge in [0.15, 0.2) is 5.76 Å². The van der Waals surface area contributed by atoms with Crippen molar-refractivity contribution in [2.75, 3.05) is 6.54 Å². The van der Waals surface area contributed by atoms with E-state index in [9.17, 15) is 4.79 Å². The maximum absolute atomic E-state index is 12.1. The molecule has 1 fully saturated rings. The molecule has 1 aliphatic rings. The zero-order chi connectivity index (χ0) is 14.7. The number of oxazole rings is 1. The second kappa shape index (κ2) is 6.10. The summed E-state index contributed by atoms with van der Waals surface area (Å²) in [5.41, 5.74) is 0.979. The van der Waals surface area contributed by atoms with E-state index in [2.05, 4.69) is 15.6 Å². The fourth-order valence-electron chi connectivity index (χ4n) is 2.51. The third-order valence-electron chi connectivity index (χ3n) is 3.69. The Hall–Kier alpha value is -2.14. The van der Waals surface area contributed by atoms with Crippen molar-refractivity contribution in [2.24, 2.45) is 0 Å². The first-order chi connectivity index (χ1) is 10.2. The summed E-state index contributed by atoms with van der Waals surface area (Å²) in [5, 5.41) is 6.13. The van der Waals surface area contributed by atoms with Gasteiger partial charge >= 0.3 is 0 Å². The number of benzene rings is 1. The van der Waals surface area contributed by atoms with E-state index >= 15 is 0 Å². The zero-order valence-electron chi connectivity index (χ0n) is 12.0. The predicted octanol–water partition coefficient (Wildman–Crippen LogP) is 2.27. The van der Waals surface area contributed by atoms with Gasteiger partial charge in [0.05, 0.1) is 12.2 Å². The van der Waals surface area contributed by atoms with E-state index in [1.165, 1.54) is 0 Å². The van der Waals surface area contributed by atoms with Crippen LogP contribution < -0.4 is 10.6 Å². The van der Waals surface area contributed by atoms with Gasteiger partial charge in [0, 0.05) is 5.56 Å². The van der Waals surface area contributed by atoms with Gasteiger partial charge in [-0.05, 0) is 26.3 Å². The van der Waals surface area contributed by atoms with Gasteiger partial charge in [-0.25, -0.2) is 4.98 Å². The van der Waals surface area contributed by atoms with Crippen LogP contribution in [-0.2, 0) is 4.79 Å². The van der Waals surface area contributed by atoms with Crippen molar-refractivity contribution in [3.8, 4) is 11.3 Å². The van der Waals surface area contributed by atoms with Crippen LogP contribution in [0.4, 0.5) is 0 Å². The van der Waals surface area contributed by atoms with Gasteiger partial charge in [0.2, 0.25) is 11.8 Å². The molecule has 2 atom stereocenters. The van der Waals surface area contributed by atoms with Gasteiger partial charge in [0.1, 0.15) is 6.04 Å². The summed E-state index contributed by atoms with van der Waals surface area (Å²) in [6.07, 6.45) is 3.63. The van der Waals surface area contributed by atoms with Gasteiger partial charge < -0.3 is 15.1 Å². The first-order valence-electron chi connectivity index (χ1n) is 7.29. The van der Waals surface area contributed by atoms with Crippen LogP contribution in [0, 0.1) is 0 Å². The molecule has 0 bridgehead atoms. The molecule has 110 valence electrons. The lowest BCUT2D eigenvalue weighted by Crippen LogP contribution is -2.41. The Kier molecular flexibility index (Phi) is 4.01. The minimum absolute atomic E-state index is 0.0134. The second-order valence-electron chi connectivity index (χ2n) is 5.31. The Morgan fingerprint density at radius 3 is 2.95 bits per heavy atom. The van der Waals surface area contributed by atoms with Crippen LogP contribution in [-0.4, -0.2) is 23.5 Å². The molecule has 0 saturated carbocycles. The summed E-state index contributed by atoms with van der Waals surface area (Å²) in [7, 11) is 0. The highest BCUT2D eigenvalue weighted by molar-refractivity contribution is 5.82. The molecule has 2 unspecified atom stereocenters. The summed E-state index contributed by atoms with van der Waals surface area (Å²) in [6.45, 7) is 2.79. The van der Waals surface area contributed by atoms with Crippen molar-refractivity contribution in [1.29, 1.82) is 0 Å². The molecule has 5 nitrogen and oxygen atoms in total. The zero-order valence-corrected chi connectivity index (χ0v) is 12.0. The molecule has 2 aromatic rings. The van der Waals surface area contributed by atoms with Crippen LogP contribution in [0.15, 0.2) is 40.9 Å². The smallest absolute Gasteiger partial charge is 0.237 e. The van der Waals surface area contributed by atoms with E-state index in [0.717, 1.165) is 24.9 Å². The van der Waals surface area contributed by atoms with E-state index in [1.807, 2.05) is 37.3 Å². The molecule has 1 saturated heterocycles. The molecule has 2 N–H and O–H groups in total. The maximum atomic E-state index is 12.1.